The summed E-state index contributed by atoms with van der Waals surface area (Å²) in [4.78, 5) is 0. The summed E-state index contributed by atoms with van der Waals surface area (Å²) in [6.45, 7) is 1.82. The van der Waals surface area contributed by atoms with Crippen LogP contribution in [0.5, 0.6) is 11.5 Å². The van der Waals surface area contributed by atoms with Crippen LogP contribution in [0.4, 0.5) is 0 Å². The molecule has 0 aliphatic rings. The van der Waals surface area contributed by atoms with Crippen LogP contribution in [-0.4, -0.2) is 10.2 Å². The van der Waals surface area contributed by atoms with Gasteiger partial charge in [0.1, 0.15) is 6.61 Å². The van der Waals surface area contributed by atoms with Crippen molar-refractivity contribution in [3.63, 3.8) is 0 Å². The number of phenols is 1. The molecule has 0 saturated heterocycles. The van der Waals surface area contributed by atoms with Gasteiger partial charge in [-0.1, -0.05) is 41.9 Å². The Hall–Kier alpha value is -1.71. The predicted molar refractivity (Wildman–Crippen MR) is 74.6 cm³/mol. The van der Waals surface area contributed by atoms with E-state index in [0.29, 0.717) is 22.9 Å². The molecule has 0 heterocycles. The van der Waals surface area contributed by atoms with Crippen molar-refractivity contribution in [2.24, 2.45) is 0 Å². The number of halogens is 1. The molecule has 0 amide bonds. The van der Waals surface area contributed by atoms with E-state index in [4.69, 9.17) is 16.3 Å². The van der Waals surface area contributed by atoms with E-state index >= 15 is 0 Å². The lowest BCUT2D eigenvalue weighted by atomic mass is 10.1. The third kappa shape index (κ3) is 3.00. The van der Waals surface area contributed by atoms with E-state index in [9.17, 15) is 10.2 Å². The molecule has 0 radical (unpaired) electrons. The number of ether oxygens (including phenoxy) is 1. The van der Waals surface area contributed by atoms with Crippen LogP contribution in [-0.2, 0) is 13.2 Å². The molecule has 0 unspecified atom stereocenters. The summed E-state index contributed by atoms with van der Waals surface area (Å²) < 4.78 is 5.58. The maximum absolute atomic E-state index is 10.0. The molecule has 0 fully saturated rings. The number of hydrogen-bond donors (Lipinski definition) is 2. The first-order valence-corrected chi connectivity index (χ1v) is 6.29. The molecular weight excluding hydrogens is 264 g/mol. The maximum Gasteiger partial charge on any atom is 0.164 e. The standard InChI is InChI=1S/C15H15ClO3/c1-10-7-13(15(18)12(8-17)14(10)16)19-9-11-5-3-2-4-6-11/h2-7,17-18H,8-9H2,1H3. The average Bonchev–Trinajstić information content (AvgIpc) is 2.43. The molecule has 3 nitrogen and oxygen atoms in total. The first-order chi connectivity index (χ1) is 9.13. The van der Waals surface area contributed by atoms with Gasteiger partial charge in [0.15, 0.2) is 11.5 Å². The zero-order valence-corrected chi connectivity index (χ0v) is 11.3. The minimum atomic E-state index is -0.325. The number of aryl methyl sites for hydroxylation is 1. The minimum Gasteiger partial charge on any atom is -0.504 e. The number of aliphatic hydroxyl groups is 1. The summed E-state index contributed by atoms with van der Waals surface area (Å²) in [7, 11) is 0. The van der Waals surface area contributed by atoms with Crippen LogP contribution >= 0.6 is 11.6 Å². The molecule has 0 aliphatic heterocycles. The van der Waals surface area contributed by atoms with Gasteiger partial charge in [0.05, 0.1) is 11.6 Å². The van der Waals surface area contributed by atoms with Gasteiger partial charge in [0, 0.05) is 5.56 Å². The Morgan fingerprint density at radius 2 is 1.89 bits per heavy atom. The second kappa shape index (κ2) is 5.95. The molecule has 2 N–H and O–H groups in total. The van der Waals surface area contributed by atoms with E-state index < -0.39 is 0 Å². The van der Waals surface area contributed by atoms with Crippen molar-refractivity contribution in [1.29, 1.82) is 0 Å². The molecule has 2 aromatic carbocycles. The summed E-state index contributed by atoms with van der Waals surface area (Å²) in [5.74, 6) is 0.226. The SMILES string of the molecule is Cc1cc(OCc2ccccc2)c(O)c(CO)c1Cl. The molecule has 0 aromatic heterocycles. The first kappa shape index (κ1) is 13.7. The van der Waals surface area contributed by atoms with Crippen LogP contribution in [0.3, 0.4) is 0 Å². The lowest BCUT2D eigenvalue weighted by molar-refractivity contribution is 0.263. The third-order valence-electron chi connectivity index (χ3n) is 2.87. The molecule has 0 bridgehead atoms. The highest BCUT2D eigenvalue weighted by Gasteiger charge is 2.14. The van der Waals surface area contributed by atoms with Gasteiger partial charge in [-0.3, -0.25) is 0 Å². The van der Waals surface area contributed by atoms with Crippen LogP contribution in [0.15, 0.2) is 36.4 Å². The lowest BCUT2D eigenvalue weighted by Gasteiger charge is -2.13. The van der Waals surface area contributed by atoms with E-state index in [2.05, 4.69) is 0 Å². The van der Waals surface area contributed by atoms with Crippen LogP contribution in [0.25, 0.3) is 0 Å². The highest BCUT2D eigenvalue weighted by Crippen LogP contribution is 2.37. The second-order valence-corrected chi connectivity index (χ2v) is 4.64. The van der Waals surface area contributed by atoms with Gasteiger partial charge in [-0.05, 0) is 24.1 Å². The van der Waals surface area contributed by atoms with E-state index in [0.717, 1.165) is 11.1 Å². The van der Waals surface area contributed by atoms with Crippen molar-refractivity contribution in [1.82, 2.24) is 0 Å². The van der Waals surface area contributed by atoms with E-state index in [1.165, 1.54) is 0 Å². The van der Waals surface area contributed by atoms with E-state index in [-0.39, 0.29) is 12.4 Å². The van der Waals surface area contributed by atoms with Gasteiger partial charge in [0.25, 0.3) is 0 Å². The van der Waals surface area contributed by atoms with Gasteiger partial charge in [-0.2, -0.15) is 0 Å². The largest absolute Gasteiger partial charge is 0.504 e. The fourth-order valence-electron chi connectivity index (χ4n) is 1.81. The quantitative estimate of drug-likeness (QED) is 0.901. The van der Waals surface area contributed by atoms with Crippen molar-refractivity contribution >= 4 is 11.6 Å². The average molecular weight is 279 g/mol. The molecule has 2 aromatic rings. The van der Waals surface area contributed by atoms with Gasteiger partial charge < -0.3 is 14.9 Å². The number of hydrogen-bond acceptors (Lipinski definition) is 3. The molecule has 0 spiro atoms. The number of benzene rings is 2. The molecule has 0 atom stereocenters. The lowest BCUT2D eigenvalue weighted by Crippen LogP contribution is -1.98. The smallest absolute Gasteiger partial charge is 0.164 e. The molecule has 0 saturated carbocycles. The minimum absolute atomic E-state index is 0.103. The van der Waals surface area contributed by atoms with Gasteiger partial charge in [0.2, 0.25) is 0 Å². The maximum atomic E-state index is 10.0. The number of rotatable bonds is 4. The summed E-state index contributed by atoms with van der Waals surface area (Å²) in [6, 6.07) is 11.3. The Morgan fingerprint density at radius 3 is 2.53 bits per heavy atom. The van der Waals surface area contributed by atoms with Crippen LogP contribution < -0.4 is 4.74 Å². The zero-order chi connectivity index (χ0) is 13.8. The molecule has 2 rings (SSSR count). The summed E-state index contributed by atoms with van der Waals surface area (Å²) in [5.41, 5.74) is 2.05. The molecule has 100 valence electrons. The van der Waals surface area contributed by atoms with Gasteiger partial charge in [-0.25, -0.2) is 0 Å². The van der Waals surface area contributed by atoms with Crippen molar-refractivity contribution in [3.05, 3.63) is 58.1 Å². The van der Waals surface area contributed by atoms with Crippen LogP contribution in [0.2, 0.25) is 5.02 Å². The Bertz CT molecular complexity index is 567. The van der Waals surface area contributed by atoms with Gasteiger partial charge >= 0.3 is 0 Å². The van der Waals surface area contributed by atoms with Gasteiger partial charge in [-0.15, -0.1) is 0 Å². The monoisotopic (exact) mass is 278 g/mol. The number of aromatic hydroxyl groups is 1. The zero-order valence-electron chi connectivity index (χ0n) is 10.6. The normalized spacial score (nSPS) is 10.5. The Balaban J connectivity index is 2.24. The van der Waals surface area contributed by atoms with E-state index in [1.807, 2.05) is 30.3 Å². The topological polar surface area (TPSA) is 49.7 Å². The Morgan fingerprint density at radius 1 is 1.21 bits per heavy atom. The highest BCUT2D eigenvalue weighted by molar-refractivity contribution is 6.32. The first-order valence-electron chi connectivity index (χ1n) is 5.92. The van der Waals surface area contributed by atoms with Crippen molar-refractivity contribution in [3.8, 4) is 11.5 Å². The molecule has 19 heavy (non-hydrogen) atoms. The van der Waals surface area contributed by atoms with E-state index in [1.54, 1.807) is 13.0 Å². The summed E-state index contributed by atoms with van der Waals surface area (Å²) in [6.07, 6.45) is 0. The van der Waals surface area contributed by atoms with Crippen LogP contribution in [0.1, 0.15) is 16.7 Å². The molecule has 4 heteroatoms. The Kier molecular flexibility index (Phi) is 4.30. The van der Waals surface area contributed by atoms with Crippen LogP contribution in [0, 0.1) is 6.92 Å². The van der Waals surface area contributed by atoms with Crippen molar-refractivity contribution in [2.75, 3.05) is 0 Å². The second-order valence-electron chi connectivity index (χ2n) is 4.27. The summed E-state index contributed by atoms with van der Waals surface area (Å²) in [5, 5.41) is 19.6. The number of aliphatic hydroxyl groups excluding tert-OH is 1. The molecular formula is C15H15ClO3. The molecule has 0 aliphatic carbocycles. The van der Waals surface area contributed by atoms with Crippen molar-refractivity contribution < 1.29 is 14.9 Å². The summed E-state index contributed by atoms with van der Waals surface area (Å²) >= 11 is 6.01. The highest BCUT2D eigenvalue weighted by atomic mass is 35.5. The van der Waals surface area contributed by atoms with Crippen molar-refractivity contribution in [2.45, 2.75) is 20.1 Å². The predicted octanol–water partition coefficient (Wildman–Crippen LogP) is 3.43. The fraction of sp³-hybridized carbons (Fsp3) is 0.200. The fourth-order valence-corrected chi connectivity index (χ4v) is 2.01. The Labute approximate surface area is 117 Å². The third-order valence-corrected chi connectivity index (χ3v) is 3.40.